The van der Waals surface area contributed by atoms with Crippen LogP contribution in [0.15, 0.2) is 84.9 Å². The summed E-state index contributed by atoms with van der Waals surface area (Å²) in [7, 11) is 0. The van der Waals surface area contributed by atoms with Crippen LogP contribution < -0.4 is 14.8 Å². The maximum atomic E-state index is 12.9. The smallest absolute Gasteiger partial charge is 0.250 e. The van der Waals surface area contributed by atoms with Crippen molar-refractivity contribution in [3.8, 4) is 40.2 Å². The van der Waals surface area contributed by atoms with Gasteiger partial charge in [0, 0.05) is 23.9 Å². The Kier molecular flexibility index (Phi) is 7.91. The molecule has 0 atom stereocenters. The van der Waals surface area contributed by atoms with Crippen molar-refractivity contribution in [3.63, 3.8) is 0 Å². The first-order chi connectivity index (χ1) is 20.9. The molecular formula is C35H32N2O6. The van der Waals surface area contributed by atoms with E-state index in [0.717, 1.165) is 65.9 Å². The molecule has 1 saturated carbocycles. The number of carbonyl (C=O) groups excluding carboxylic acids is 1. The van der Waals surface area contributed by atoms with Crippen LogP contribution in [-0.2, 0) is 21.6 Å². The third-order valence-corrected chi connectivity index (χ3v) is 8.30. The van der Waals surface area contributed by atoms with Crippen LogP contribution in [0.4, 0.5) is 5.69 Å². The van der Waals surface area contributed by atoms with Gasteiger partial charge in [0.25, 0.3) is 0 Å². The highest BCUT2D eigenvalue weighted by molar-refractivity contribution is 5.92. The summed E-state index contributed by atoms with van der Waals surface area (Å²) >= 11 is 0. The first-order valence-electron chi connectivity index (χ1n) is 14.4. The van der Waals surface area contributed by atoms with E-state index in [0.29, 0.717) is 11.5 Å². The molecule has 1 aliphatic heterocycles. The number of para-hydroxylation sites is 1. The zero-order chi connectivity index (χ0) is 29.8. The number of fused-ring (bicyclic) bond motifs is 1. The number of rotatable bonds is 8. The average molecular weight is 577 g/mol. The normalized spacial score (nSPS) is 19.0. The van der Waals surface area contributed by atoms with Gasteiger partial charge in [0.15, 0.2) is 11.5 Å². The van der Waals surface area contributed by atoms with Gasteiger partial charge in [-0.3, -0.25) is 4.79 Å². The predicted molar refractivity (Wildman–Crippen MR) is 161 cm³/mol. The highest BCUT2D eigenvalue weighted by Gasteiger charge is 2.39. The van der Waals surface area contributed by atoms with Crippen molar-refractivity contribution in [1.29, 1.82) is 5.26 Å². The highest BCUT2D eigenvalue weighted by Crippen LogP contribution is 2.45. The highest BCUT2D eigenvalue weighted by atomic mass is 16.7. The van der Waals surface area contributed by atoms with Gasteiger partial charge in [-0.2, -0.15) is 5.26 Å². The number of anilines is 1. The fourth-order valence-electron chi connectivity index (χ4n) is 6.13. The summed E-state index contributed by atoms with van der Waals surface area (Å²) < 4.78 is 17.8. The second-order valence-corrected chi connectivity index (χ2v) is 11.1. The maximum absolute atomic E-state index is 12.9. The summed E-state index contributed by atoms with van der Waals surface area (Å²) in [5.41, 5.74) is 4.31. The van der Waals surface area contributed by atoms with E-state index in [-0.39, 0.29) is 36.5 Å². The van der Waals surface area contributed by atoms with Gasteiger partial charge in [-0.25, -0.2) is 0 Å². The van der Waals surface area contributed by atoms with Crippen LogP contribution in [0.5, 0.6) is 23.0 Å². The van der Waals surface area contributed by atoms with Crippen LogP contribution in [0.25, 0.3) is 11.1 Å². The van der Waals surface area contributed by atoms with Crippen molar-refractivity contribution in [1.82, 2.24) is 0 Å². The SMILES string of the molecule is N#Cc1cccc(-c2ccc(C3(OCC(=O)Nc4cc(O)cc(O)c4)CCC(Cc4cccc5c4OCO5)CC3)cc2)c1. The minimum absolute atomic E-state index is 0.146. The number of phenols is 2. The number of aromatic hydroxyl groups is 2. The van der Waals surface area contributed by atoms with Crippen LogP contribution >= 0.6 is 0 Å². The molecule has 0 bridgehead atoms. The quantitative estimate of drug-likeness (QED) is 0.215. The maximum Gasteiger partial charge on any atom is 0.250 e. The number of hydrogen-bond acceptors (Lipinski definition) is 7. The summed E-state index contributed by atoms with van der Waals surface area (Å²) in [6.07, 6.45) is 4.14. The minimum Gasteiger partial charge on any atom is -0.508 e. The molecule has 6 rings (SSSR count). The first kappa shape index (κ1) is 28.1. The number of nitrogens with zero attached hydrogens (tertiary/aromatic N) is 1. The van der Waals surface area contributed by atoms with Crippen molar-refractivity contribution in [2.24, 2.45) is 5.92 Å². The lowest BCUT2D eigenvalue weighted by Gasteiger charge is -2.40. The van der Waals surface area contributed by atoms with Crippen molar-refractivity contribution < 1.29 is 29.2 Å². The molecule has 43 heavy (non-hydrogen) atoms. The summed E-state index contributed by atoms with van der Waals surface area (Å²) in [4.78, 5) is 12.9. The predicted octanol–water partition coefficient (Wildman–Crippen LogP) is 6.65. The van der Waals surface area contributed by atoms with Crippen LogP contribution in [0.3, 0.4) is 0 Å². The Balaban J connectivity index is 1.20. The van der Waals surface area contributed by atoms with E-state index in [2.05, 4.69) is 29.6 Å². The Hall–Kier alpha value is -5.00. The molecule has 1 fully saturated rings. The lowest BCUT2D eigenvalue weighted by Crippen LogP contribution is -2.37. The molecule has 3 N–H and O–H groups in total. The Labute approximate surface area is 250 Å². The molecule has 2 aliphatic rings. The van der Waals surface area contributed by atoms with Crippen LogP contribution in [0, 0.1) is 17.2 Å². The summed E-state index contributed by atoms with van der Waals surface area (Å²) in [5, 5.41) is 31.6. The largest absolute Gasteiger partial charge is 0.508 e. The lowest BCUT2D eigenvalue weighted by atomic mass is 9.73. The number of benzene rings is 4. The second kappa shape index (κ2) is 12.1. The standard InChI is InChI=1S/C35H32N2O6/c36-20-24-3-1-4-26(16-24)25-7-9-28(10-8-25)35(43-21-33(40)37-29-17-30(38)19-31(39)18-29)13-11-23(12-14-35)15-27-5-2-6-32-34(27)42-22-41-32/h1-10,16-19,23,38-39H,11-15,21-22H2,(H,37,40). The van der Waals surface area contributed by atoms with E-state index < -0.39 is 5.60 Å². The molecule has 1 amide bonds. The van der Waals surface area contributed by atoms with Crippen molar-refractivity contribution in [3.05, 3.63) is 102 Å². The van der Waals surface area contributed by atoms with Gasteiger partial charge >= 0.3 is 0 Å². The van der Waals surface area contributed by atoms with E-state index >= 15 is 0 Å². The summed E-state index contributed by atoms with van der Waals surface area (Å²) in [6.45, 7) is 0.0550. The first-order valence-corrected chi connectivity index (χ1v) is 14.4. The molecule has 0 spiro atoms. The Morgan fingerprint density at radius 3 is 2.42 bits per heavy atom. The Morgan fingerprint density at radius 2 is 1.67 bits per heavy atom. The number of carbonyl (C=O) groups is 1. The Bertz CT molecular complexity index is 1650. The molecule has 1 heterocycles. The van der Waals surface area contributed by atoms with Crippen LogP contribution in [-0.4, -0.2) is 29.5 Å². The molecule has 0 radical (unpaired) electrons. The zero-order valence-electron chi connectivity index (χ0n) is 23.6. The number of nitriles is 1. The molecule has 8 nitrogen and oxygen atoms in total. The van der Waals surface area contributed by atoms with Gasteiger partial charge in [0.1, 0.15) is 18.1 Å². The third kappa shape index (κ3) is 6.27. The topological polar surface area (TPSA) is 121 Å². The molecule has 8 heteroatoms. The molecule has 4 aromatic rings. The third-order valence-electron chi connectivity index (χ3n) is 8.30. The van der Waals surface area contributed by atoms with Crippen LogP contribution in [0.1, 0.15) is 42.4 Å². The van der Waals surface area contributed by atoms with Crippen LogP contribution in [0.2, 0.25) is 0 Å². The van der Waals surface area contributed by atoms with E-state index in [1.807, 2.05) is 42.5 Å². The number of hydrogen-bond donors (Lipinski definition) is 3. The Morgan fingerprint density at radius 1 is 0.930 bits per heavy atom. The average Bonchev–Trinajstić information content (AvgIpc) is 3.51. The fourth-order valence-corrected chi connectivity index (χ4v) is 6.13. The molecular weight excluding hydrogens is 544 g/mol. The number of nitrogens with one attached hydrogen (secondary N) is 1. The van der Waals surface area contributed by atoms with E-state index in [4.69, 9.17) is 14.2 Å². The van der Waals surface area contributed by atoms with Crippen molar-refractivity contribution in [2.45, 2.75) is 37.7 Å². The second-order valence-electron chi connectivity index (χ2n) is 11.1. The molecule has 0 saturated heterocycles. The minimum atomic E-state index is -0.667. The van der Waals surface area contributed by atoms with Gasteiger partial charge in [-0.05, 0) is 78.5 Å². The number of amides is 1. The van der Waals surface area contributed by atoms with Gasteiger partial charge in [0.2, 0.25) is 12.7 Å². The lowest BCUT2D eigenvalue weighted by molar-refractivity contribution is -0.133. The van der Waals surface area contributed by atoms with Gasteiger partial charge < -0.3 is 29.7 Å². The summed E-state index contributed by atoms with van der Waals surface area (Å²) in [6, 6.07) is 27.8. The van der Waals surface area contributed by atoms with Crippen molar-refractivity contribution in [2.75, 3.05) is 18.7 Å². The molecule has 4 aromatic carbocycles. The van der Waals surface area contributed by atoms with Gasteiger partial charge in [-0.1, -0.05) is 48.5 Å². The number of ether oxygens (including phenoxy) is 3. The fraction of sp³-hybridized carbons (Fsp3) is 0.257. The molecule has 218 valence electrons. The van der Waals surface area contributed by atoms with Gasteiger partial charge in [0.05, 0.1) is 17.2 Å². The van der Waals surface area contributed by atoms with E-state index in [9.17, 15) is 20.3 Å². The molecule has 0 unspecified atom stereocenters. The van der Waals surface area contributed by atoms with Gasteiger partial charge in [-0.15, -0.1) is 0 Å². The van der Waals surface area contributed by atoms with E-state index in [1.54, 1.807) is 6.07 Å². The molecule has 0 aromatic heterocycles. The zero-order valence-corrected chi connectivity index (χ0v) is 23.6. The summed E-state index contributed by atoms with van der Waals surface area (Å²) in [5.74, 6) is 1.37. The van der Waals surface area contributed by atoms with Crippen molar-refractivity contribution >= 4 is 11.6 Å². The molecule has 1 aliphatic carbocycles. The monoisotopic (exact) mass is 576 g/mol. The number of phenolic OH excluding ortho intramolecular Hbond substituents is 2. The van der Waals surface area contributed by atoms with E-state index in [1.165, 1.54) is 18.2 Å².